The van der Waals surface area contributed by atoms with Gasteiger partial charge in [0.15, 0.2) is 12.6 Å². The highest BCUT2D eigenvalue weighted by atomic mass is 16.7. The first-order valence-corrected chi connectivity index (χ1v) is 27.8. The number of carbonyl (C=O) groups excluding carboxylic acids is 1. The van der Waals surface area contributed by atoms with Crippen LogP contribution in [0.3, 0.4) is 0 Å². The number of carboxylic acids is 1. The molecule has 3 aliphatic heterocycles. The Hall–Kier alpha value is -3.79. The Kier molecular flexibility index (Phi) is 23.2. The Bertz CT molecular complexity index is 2410. The van der Waals surface area contributed by atoms with Gasteiger partial charge in [-0.05, 0) is 126 Å². The maximum atomic E-state index is 14.6. The summed E-state index contributed by atoms with van der Waals surface area (Å²) < 4.78 is 53.1. The highest BCUT2D eigenvalue weighted by Gasteiger charge is 2.53. The number of aliphatic hydroxyl groups is 4. The van der Waals surface area contributed by atoms with Crippen molar-refractivity contribution >= 4 is 22.8 Å². The largest absolute Gasteiger partial charge is 0.477 e. The second-order valence-electron chi connectivity index (χ2n) is 23.5. The number of pyridine rings is 1. The first-order valence-electron chi connectivity index (χ1n) is 27.8. The molecule has 18 atom stereocenters. The van der Waals surface area contributed by atoms with Gasteiger partial charge in [-0.1, -0.05) is 32.6 Å². The van der Waals surface area contributed by atoms with Crippen molar-refractivity contribution in [1.29, 1.82) is 0 Å². The van der Waals surface area contributed by atoms with Gasteiger partial charge >= 0.3 is 11.9 Å². The van der Waals surface area contributed by atoms with Gasteiger partial charge in [-0.25, -0.2) is 4.79 Å². The molecule has 20 nitrogen and oxygen atoms in total. The molecule has 5 N–H and O–H groups in total. The standard InChI is InChI=1S/C58H94N4O16/c1-17-45-58(10,70)50(65)38(6)61(15)32-34(2)30-56(8,69)51(78-55-48(64)44(59(11)12)28-35(3)74-55)36(4)49(37(5)54(68)76-45)77-46-31-57(9,71-16)52(39(7)75-46)73-27-21-26-72-25-20-18-19-22-40-23-24-43-41(29-40)47(63)42(53(66)67)33-62(43)60(13)14/h23-24,29,33-39,44-46,48-52,55,64-65,69-70H,17-18,20-21,25-28,30-32H2,1-16H3,(H,66,67)/t34-,35-,36+,37-,38-,39+,44+,45-,46+,48-,49+,50-,51-,52+,55+,56-,57-,58-/m1/s1. The topological polar surface area (TPSA) is 241 Å². The summed E-state index contributed by atoms with van der Waals surface area (Å²) >= 11 is 0. The van der Waals surface area contributed by atoms with Crippen molar-refractivity contribution in [2.45, 2.75) is 204 Å². The molecule has 2 aromatic rings. The SMILES string of the molecule is CC[C@H]1OC(=O)[C@H](C)[C@@H](O[C@H]2C[C@@](C)(OC)[C@@H](OCCCOCCCC#Cc3ccc4c(c3)c(=O)c(C(=O)O)cn4N(C)C)[C@H](C)O2)[C@H](C)[C@@H](O[C@@H]2O[C@H](C)C[C@H](N(C)C)[C@H]2O)[C@](C)(O)C[C@@H](C)CN(C)[C@H](C)[C@@H](O)[C@]1(C)O. The van der Waals surface area contributed by atoms with E-state index in [2.05, 4.69) is 11.8 Å². The summed E-state index contributed by atoms with van der Waals surface area (Å²) in [7, 11) is 10.7. The maximum Gasteiger partial charge on any atom is 0.341 e. The van der Waals surface area contributed by atoms with Crippen molar-refractivity contribution in [1.82, 2.24) is 14.5 Å². The number of aliphatic hydroxyl groups excluding tert-OH is 2. The molecule has 4 heterocycles. The number of benzene rings is 1. The molecular formula is C58H94N4O16. The van der Waals surface area contributed by atoms with Gasteiger partial charge < -0.3 is 78.2 Å². The second-order valence-corrected chi connectivity index (χ2v) is 23.5. The van der Waals surface area contributed by atoms with Crippen LogP contribution in [-0.4, -0.2) is 211 Å². The highest BCUT2D eigenvalue weighted by molar-refractivity contribution is 5.93. The van der Waals surface area contributed by atoms with Crippen molar-refractivity contribution in [3.05, 3.63) is 45.7 Å². The van der Waals surface area contributed by atoms with E-state index in [1.807, 2.05) is 65.6 Å². The van der Waals surface area contributed by atoms with Gasteiger partial charge in [0.1, 0.15) is 35.6 Å². The maximum absolute atomic E-state index is 14.6. The third-order valence-electron chi connectivity index (χ3n) is 16.4. The summed E-state index contributed by atoms with van der Waals surface area (Å²) in [5.41, 5.74) is -4.07. The van der Waals surface area contributed by atoms with Crippen molar-refractivity contribution in [2.24, 2.45) is 17.8 Å². The number of cyclic esters (lactones) is 1. The molecule has 442 valence electrons. The fourth-order valence-corrected chi connectivity index (χ4v) is 11.8. The first-order chi connectivity index (χ1) is 36.5. The summed E-state index contributed by atoms with van der Waals surface area (Å²) in [5.74, 6) is 2.21. The minimum atomic E-state index is -1.84. The predicted molar refractivity (Wildman–Crippen MR) is 295 cm³/mol. The van der Waals surface area contributed by atoms with Crippen LogP contribution in [0.4, 0.5) is 0 Å². The molecule has 5 rings (SSSR count). The van der Waals surface area contributed by atoms with E-state index in [1.165, 1.54) is 13.1 Å². The number of unbranched alkanes of at least 4 members (excludes halogenated alkanes) is 1. The van der Waals surface area contributed by atoms with Gasteiger partial charge in [0.25, 0.3) is 0 Å². The van der Waals surface area contributed by atoms with Crippen LogP contribution in [0, 0.1) is 29.6 Å². The summed E-state index contributed by atoms with van der Waals surface area (Å²) in [5, 5.41) is 59.7. The van der Waals surface area contributed by atoms with Gasteiger partial charge in [0, 0.05) is 95.6 Å². The van der Waals surface area contributed by atoms with Crippen LogP contribution >= 0.6 is 0 Å². The molecule has 3 saturated heterocycles. The number of methoxy groups -OCH3 is 1. The van der Waals surface area contributed by atoms with Crippen LogP contribution in [0.15, 0.2) is 29.2 Å². The van der Waals surface area contributed by atoms with Crippen LogP contribution in [0.25, 0.3) is 10.9 Å². The van der Waals surface area contributed by atoms with Crippen LogP contribution in [-0.2, 0) is 42.7 Å². The highest BCUT2D eigenvalue weighted by Crippen LogP contribution is 2.41. The van der Waals surface area contributed by atoms with Gasteiger partial charge in [0.05, 0.1) is 47.1 Å². The number of rotatable bonds is 17. The fraction of sp³-hybridized carbons (Fsp3) is 0.776. The van der Waals surface area contributed by atoms with E-state index in [-0.39, 0.29) is 48.3 Å². The number of hydrogen-bond acceptors (Lipinski definition) is 18. The van der Waals surface area contributed by atoms with Crippen molar-refractivity contribution in [3.8, 4) is 11.8 Å². The lowest BCUT2D eigenvalue weighted by Gasteiger charge is -2.49. The number of fused-ring (bicyclic) bond motifs is 1. The lowest BCUT2D eigenvalue weighted by atomic mass is 9.77. The monoisotopic (exact) mass is 1100 g/mol. The minimum absolute atomic E-state index is 0.176. The van der Waals surface area contributed by atoms with E-state index in [0.29, 0.717) is 63.1 Å². The first kappa shape index (κ1) is 65.0. The van der Waals surface area contributed by atoms with Crippen LogP contribution in [0.2, 0.25) is 0 Å². The predicted octanol–water partition coefficient (Wildman–Crippen LogP) is 4.37. The molecule has 0 aliphatic carbocycles. The zero-order valence-electron chi connectivity index (χ0n) is 49.3. The van der Waals surface area contributed by atoms with Gasteiger partial charge in [-0.2, -0.15) is 0 Å². The van der Waals surface area contributed by atoms with Crippen LogP contribution in [0.5, 0.6) is 0 Å². The molecule has 1 aromatic heterocycles. The van der Waals surface area contributed by atoms with E-state index in [0.717, 1.165) is 0 Å². The van der Waals surface area contributed by atoms with E-state index in [9.17, 15) is 39.9 Å². The molecule has 0 amide bonds. The Labute approximate surface area is 462 Å². The smallest absolute Gasteiger partial charge is 0.341 e. The fourth-order valence-electron chi connectivity index (χ4n) is 11.8. The Morgan fingerprint density at radius 3 is 2.23 bits per heavy atom. The van der Waals surface area contributed by atoms with E-state index < -0.39 is 107 Å². The molecule has 0 unspecified atom stereocenters. The lowest BCUT2D eigenvalue weighted by molar-refractivity contribution is -0.320. The van der Waals surface area contributed by atoms with Gasteiger partial charge in [-0.3, -0.25) is 14.3 Å². The molecule has 78 heavy (non-hydrogen) atoms. The second kappa shape index (κ2) is 27.8. The third-order valence-corrected chi connectivity index (χ3v) is 16.4. The van der Waals surface area contributed by atoms with Gasteiger partial charge in [-0.15, -0.1) is 0 Å². The Morgan fingerprint density at radius 1 is 0.923 bits per heavy atom. The van der Waals surface area contributed by atoms with E-state index in [1.54, 1.807) is 76.8 Å². The zero-order chi connectivity index (χ0) is 58.2. The minimum Gasteiger partial charge on any atom is -0.477 e. The molecule has 0 radical (unpaired) electrons. The number of carboxylic acid groups (broad SMARTS) is 1. The van der Waals surface area contributed by atoms with Crippen molar-refractivity contribution < 1.29 is 73.0 Å². The quantitative estimate of drug-likeness (QED) is 0.0839. The Balaban J connectivity index is 1.29. The molecular weight excluding hydrogens is 1010 g/mol. The zero-order valence-corrected chi connectivity index (χ0v) is 49.3. The molecule has 3 fully saturated rings. The molecule has 0 bridgehead atoms. The van der Waals surface area contributed by atoms with Crippen LogP contribution < -0.4 is 10.4 Å². The molecule has 0 spiro atoms. The number of hydrogen-bond donors (Lipinski definition) is 5. The average molecular weight is 1100 g/mol. The van der Waals surface area contributed by atoms with Crippen molar-refractivity contribution in [2.75, 3.05) is 73.7 Å². The number of esters is 1. The summed E-state index contributed by atoms with van der Waals surface area (Å²) in [4.78, 5) is 43.2. The van der Waals surface area contributed by atoms with Gasteiger partial charge in [0.2, 0.25) is 5.43 Å². The van der Waals surface area contributed by atoms with Crippen LogP contribution in [0.1, 0.15) is 130 Å². The van der Waals surface area contributed by atoms with E-state index >= 15 is 0 Å². The number of aromatic carboxylic acids is 1. The molecule has 1 aromatic carbocycles. The number of likely N-dealkylation sites (N-methyl/N-ethyl adjacent to an activating group) is 2. The third kappa shape index (κ3) is 15.6. The average Bonchev–Trinajstić information content (AvgIpc) is 3.36. The molecule has 20 heteroatoms. The van der Waals surface area contributed by atoms with E-state index in [4.69, 9.17) is 37.9 Å². The molecule has 3 aliphatic rings. The number of nitrogens with zero attached hydrogens (tertiary/aromatic N) is 4. The number of ether oxygens (including phenoxy) is 8. The van der Waals surface area contributed by atoms with Crippen molar-refractivity contribution in [3.63, 3.8) is 0 Å². The Morgan fingerprint density at radius 2 is 1.60 bits per heavy atom. The summed E-state index contributed by atoms with van der Waals surface area (Å²) in [6, 6.07) is 4.31. The lowest BCUT2D eigenvalue weighted by Crippen LogP contribution is -2.61. The number of carbonyl (C=O) groups is 2. The number of aromatic nitrogens is 1. The normalized spacial score (nSPS) is 36.8. The summed E-state index contributed by atoms with van der Waals surface area (Å²) in [6.07, 6.45) is -4.83. The summed E-state index contributed by atoms with van der Waals surface area (Å²) in [6.45, 7) is 19.6. The molecule has 0 saturated carbocycles.